The first-order chi connectivity index (χ1) is 12.0. The molecule has 25 heavy (non-hydrogen) atoms. The maximum absolute atomic E-state index is 12.5. The van der Waals surface area contributed by atoms with Crippen molar-refractivity contribution in [1.82, 2.24) is 14.9 Å². The Morgan fingerprint density at radius 1 is 1.20 bits per heavy atom. The molecule has 1 fully saturated rings. The van der Waals surface area contributed by atoms with E-state index in [1.807, 2.05) is 25.3 Å². The second-order valence-corrected chi connectivity index (χ2v) is 6.85. The number of anilines is 1. The van der Waals surface area contributed by atoms with Gasteiger partial charge in [0, 0.05) is 11.9 Å². The van der Waals surface area contributed by atoms with Gasteiger partial charge in [-0.05, 0) is 49.6 Å². The molecule has 0 unspecified atom stereocenters. The van der Waals surface area contributed by atoms with E-state index in [0.29, 0.717) is 26.2 Å². The summed E-state index contributed by atoms with van der Waals surface area (Å²) < 4.78 is 5.65. The van der Waals surface area contributed by atoms with Crippen molar-refractivity contribution in [3.8, 4) is 0 Å². The summed E-state index contributed by atoms with van der Waals surface area (Å²) in [5.74, 6) is 0. The number of hydrogen-bond donors (Lipinski definition) is 0. The minimum absolute atomic E-state index is 0.0612. The molecule has 6 heteroatoms. The number of hydrogen-bond acceptors (Lipinski definition) is 5. The molecule has 130 valence electrons. The molecule has 0 bridgehead atoms. The molecule has 4 rings (SSSR count). The van der Waals surface area contributed by atoms with Crippen LogP contribution in [0.15, 0.2) is 24.5 Å². The smallest absolute Gasteiger partial charge is 0.410 e. The van der Waals surface area contributed by atoms with Gasteiger partial charge in [-0.1, -0.05) is 0 Å². The Hall–Kier alpha value is -2.63. The summed E-state index contributed by atoms with van der Waals surface area (Å²) in [6, 6.07) is 3.93. The van der Waals surface area contributed by atoms with Gasteiger partial charge in [-0.15, -0.1) is 0 Å². The molecule has 0 aromatic carbocycles. The van der Waals surface area contributed by atoms with E-state index in [-0.39, 0.29) is 12.2 Å². The second kappa shape index (κ2) is 6.02. The molecule has 2 aromatic heterocycles. The van der Waals surface area contributed by atoms with Crippen molar-refractivity contribution in [3.63, 3.8) is 0 Å². The summed E-state index contributed by atoms with van der Waals surface area (Å²) in [6.45, 7) is 8.77. The van der Waals surface area contributed by atoms with Gasteiger partial charge in [0.2, 0.25) is 0 Å². The number of aromatic nitrogens is 2. The summed E-state index contributed by atoms with van der Waals surface area (Å²) in [4.78, 5) is 25.2. The minimum atomic E-state index is -0.247. The van der Waals surface area contributed by atoms with Crippen LogP contribution in [0.3, 0.4) is 0 Å². The molecule has 1 saturated heterocycles. The van der Waals surface area contributed by atoms with E-state index in [1.54, 1.807) is 11.1 Å². The van der Waals surface area contributed by atoms with Crippen molar-refractivity contribution in [2.24, 2.45) is 0 Å². The van der Waals surface area contributed by atoms with Crippen LogP contribution in [0, 0.1) is 20.8 Å². The molecule has 0 spiro atoms. The third-order valence-electron chi connectivity index (χ3n) is 5.28. The van der Waals surface area contributed by atoms with E-state index >= 15 is 0 Å². The third kappa shape index (κ3) is 2.81. The van der Waals surface area contributed by atoms with Crippen molar-refractivity contribution in [2.75, 3.05) is 18.0 Å². The number of pyridine rings is 2. The van der Waals surface area contributed by atoms with Crippen molar-refractivity contribution in [2.45, 2.75) is 40.0 Å². The van der Waals surface area contributed by atoms with Gasteiger partial charge in [-0.3, -0.25) is 14.9 Å². The molecule has 0 saturated carbocycles. The molecule has 6 nitrogen and oxygen atoms in total. The van der Waals surface area contributed by atoms with Crippen LogP contribution in [0.5, 0.6) is 0 Å². The van der Waals surface area contributed by atoms with Crippen LogP contribution in [0.4, 0.5) is 10.5 Å². The highest BCUT2D eigenvalue weighted by atomic mass is 16.6. The molecule has 4 heterocycles. The average molecular weight is 338 g/mol. The zero-order valence-corrected chi connectivity index (χ0v) is 14.8. The molecule has 2 aliphatic rings. The molecule has 0 aliphatic carbocycles. The Morgan fingerprint density at radius 2 is 2.00 bits per heavy atom. The van der Waals surface area contributed by atoms with E-state index in [1.165, 1.54) is 16.7 Å². The van der Waals surface area contributed by atoms with Crippen molar-refractivity contribution >= 4 is 11.8 Å². The highest BCUT2D eigenvalue weighted by Crippen LogP contribution is 2.29. The number of rotatable bonds is 2. The van der Waals surface area contributed by atoms with Crippen molar-refractivity contribution in [3.05, 3.63) is 52.6 Å². The maximum Gasteiger partial charge on any atom is 0.410 e. The topological polar surface area (TPSA) is 58.6 Å². The first-order valence-corrected chi connectivity index (χ1v) is 8.59. The van der Waals surface area contributed by atoms with Crippen LogP contribution in [-0.2, 0) is 17.8 Å². The van der Waals surface area contributed by atoms with Crippen LogP contribution < -0.4 is 4.90 Å². The molecule has 2 aliphatic heterocycles. The number of aryl methyl sites for hydroxylation is 1. The van der Waals surface area contributed by atoms with E-state index in [0.717, 1.165) is 17.1 Å². The fraction of sp³-hybridized carbons (Fsp3) is 0.421. The maximum atomic E-state index is 12.5. The van der Waals surface area contributed by atoms with Crippen LogP contribution in [0.1, 0.15) is 28.1 Å². The molecule has 2 aromatic rings. The van der Waals surface area contributed by atoms with Gasteiger partial charge in [-0.2, -0.15) is 0 Å². The summed E-state index contributed by atoms with van der Waals surface area (Å²) in [5, 5.41) is 0. The van der Waals surface area contributed by atoms with Gasteiger partial charge < -0.3 is 9.64 Å². The predicted molar refractivity (Wildman–Crippen MR) is 94.4 cm³/mol. The van der Waals surface area contributed by atoms with E-state index < -0.39 is 0 Å². The standard InChI is InChI=1S/C19H22N4O2/c1-12-13(2)17-10-23(11-18(17)21-14(12)3)19(24)25-16-8-22(9-16)15-5-4-6-20-7-15/h4-7,16H,8-11H2,1-3H3. The van der Waals surface area contributed by atoms with Crippen LogP contribution in [-0.4, -0.2) is 40.2 Å². The van der Waals surface area contributed by atoms with Gasteiger partial charge in [0.1, 0.15) is 6.10 Å². The number of carbonyl (C=O) groups is 1. The van der Waals surface area contributed by atoms with Gasteiger partial charge in [0.25, 0.3) is 0 Å². The molecule has 0 N–H and O–H groups in total. The van der Waals surface area contributed by atoms with Crippen molar-refractivity contribution in [1.29, 1.82) is 0 Å². The van der Waals surface area contributed by atoms with Crippen molar-refractivity contribution < 1.29 is 9.53 Å². The van der Waals surface area contributed by atoms with E-state index in [4.69, 9.17) is 4.74 Å². The predicted octanol–water partition coefficient (Wildman–Crippen LogP) is 2.74. The molecular formula is C19H22N4O2. The second-order valence-electron chi connectivity index (χ2n) is 6.85. The number of carbonyl (C=O) groups excluding carboxylic acids is 1. The number of fused-ring (bicyclic) bond motifs is 1. The zero-order chi connectivity index (χ0) is 17.6. The van der Waals surface area contributed by atoms with Gasteiger partial charge in [0.15, 0.2) is 0 Å². The largest absolute Gasteiger partial charge is 0.442 e. The molecule has 0 radical (unpaired) electrons. The quantitative estimate of drug-likeness (QED) is 0.843. The molecule has 1 amide bonds. The highest BCUT2D eigenvalue weighted by molar-refractivity contribution is 5.69. The number of amides is 1. The summed E-state index contributed by atoms with van der Waals surface area (Å²) in [7, 11) is 0. The fourth-order valence-electron chi connectivity index (χ4n) is 3.45. The minimum Gasteiger partial charge on any atom is -0.442 e. The first-order valence-electron chi connectivity index (χ1n) is 8.59. The Labute approximate surface area is 147 Å². The monoisotopic (exact) mass is 338 g/mol. The highest BCUT2D eigenvalue weighted by Gasteiger charge is 2.34. The fourth-order valence-corrected chi connectivity index (χ4v) is 3.45. The van der Waals surface area contributed by atoms with Crippen LogP contribution in [0.2, 0.25) is 0 Å². The van der Waals surface area contributed by atoms with Gasteiger partial charge >= 0.3 is 6.09 Å². The normalized spacial score (nSPS) is 16.6. The zero-order valence-electron chi connectivity index (χ0n) is 14.8. The lowest BCUT2D eigenvalue weighted by Gasteiger charge is -2.40. The Bertz CT molecular complexity index is 816. The summed E-state index contributed by atoms with van der Waals surface area (Å²) in [6.07, 6.45) is 3.28. The SMILES string of the molecule is Cc1nc2c(c(C)c1C)CN(C(=O)OC1CN(c3cccnc3)C1)C2. The van der Waals surface area contributed by atoms with Crippen LogP contribution in [0.25, 0.3) is 0 Å². The van der Waals surface area contributed by atoms with Crippen LogP contribution >= 0.6 is 0 Å². The average Bonchev–Trinajstić information content (AvgIpc) is 3.00. The summed E-state index contributed by atoms with van der Waals surface area (Å²) in [5.41, 5.74) is 6.73. The summed E-state index contributed by atoms with van der Waals surface area (Å²) >= 11 is 0. The van der Waals surface area contributed by atoms with Gasteiger partial charge in [-0.25, -0.2) is 4.79 Å². The molecule has 0 atom stereocenters. The number of ether oxygens (including phenoxy) is 1. The number of nitrogens with zero attached hydrogens (tertiary/aromatic N) is 4. The Balaban J connectivity index is 1.35. The lowest BCUT2D eigenvalue weighted by molar-refractivity contribution is 0.0490. The Morgan fingerprint density at radius 3 is 2.72 bits per heavy atom. The lowest BCUT2D eigenvalue weighted by atomic mass is 10.0. The Kier molecular flexibility index (Phi) is 3.82. The van der Waals surface area contributed by atoms with E-state index in [9.17, 15) is 4.79 Å². The molecular weight excluding hydrogens is 316 g/mol. The van der Waals surface area contributed by atoms with Gasteiger partial charge in [0.05, 0.1) is 43.8 Å². The van der Waals surface area contributed by atoms with E-state index in [2.05, 4.69) is 28.7 Å². The third-order valence-corrected chi connectivity index (χ3v) is 5.28. The first kappa shape index (κ1) is 15.9. The lowest BCUT2D eigenvalue weighted by Crippen LogP contribution is -2.54.